The Morgan fingerprint density at radius 1 is 0.545 bits per heavy atom. The molecule has 0 saturated heterocycles. The molecular weight excluding hydrogens is 640 g/mol. The van der Waals surface area contributed by atoms with Crippen molar-refractivity contribution in [1.82, 2.24) is 0 Å². The molecule has 0 amide bonds. The minimum atomic E-state index is -7.25. The summed E-state index contributed by atoms with van der Waals surface area (Å²) in [6.45, 7) is 0. The van der Waals surface area contributed by atoms with Gasteiger partial charge in [-0.25, -0.2) is 8.42 Å². The second-order valence-corrected chi connectivity index (χ2v) is 14.6. The second-order valence-electron chi connectivity index (χ2n) is 9.28. The summed E-state index contributed by atoms with van der Waals surface area (Å²) in [5, 5.41) is -2.42. The van der Waals surface area contributed by atoms with Crippen molar-refractivity contribution in [2.45, 2.75) is 29.4 Å². The van der Waals surface area contributed by atoms with Crippen molar-refractivity contribution in [2.24, 2.45) is 0 Å². The normalized spacial score (nSPS) is 13.1. The number of sulfonamides is 1. The molecule has 14 heteroatoms. The van der Waals surface area contributed by atoms with Crippen molar-refractivity contribution >= 4 is 33.2 Å². The molecule has 4 aromatic carbocycles. The highest BCUT2D eigenvalue weighted by Crippen LogP contribution is 2.58. The molecule has 0 aliphatic rings. The van der Waals surface area contributed by atoms with E-state index in [0.717, 1.165) is 6.16 Å². The van der Waals surface area contributed by atoms with Gasteiger partial charge in [-0.3, -0.25) is 0 Å². The Bertz CT molecular complexity index is 1490. The van der Waals surface area contributed by atoms with E-state index < -0.39 is 40.6 Å². The van der Waals surface area contributed by atoms with Crippen LogP contribution in [0.2, 0.25) is 0 Å². The van der Waals surface area contributed by atoms with Gasteiger partial charge in [0.25, 0.3) is 0 Å². The summed E-state index contributed by atoms with van der Waals surface area (Å²) in [6.07, 6.45) is -6.03. The molecule has 0 spiro atoms. The lowest BCUT2D eigenvalue weighted by molar-refractivity contribution is -0.382. The third-order valence-electron chi connectivity index (χ3n) is 6.53. The molecule has 0 atom stereocenters. The molecule has 0 unspecified atom stereocenters. The van der Waals surface area contributed by atoms with Gasteiger partial charge in [0.05, 0.1) is 6.16 Å². The van der Waals surface area contributed by atoms with Crippen LogP contribution in [-0.4, -0.2) is 38.7 Å². The maximum absolute atomic E-state index is 12.6. The summed E-state index contributed by atoms with van der Waals surface area (Å²) in [7, 11) is -8.29. The molecule has 0 heterocycles. The van der Waals surface area contributed by atoms with Gasteiger partial charge in [0.2, 0.25) is 0 Å². The predicted molar refractivity (Wildman–Crippen MR) is 154 cm³/mol. The lowest BCUT2D eigenvalue weighted by Gasteiger charge is -2.35. The number of hydrogen-bond acceptors (Lipinski definition) is 2. The number of alkyl halides is 9. The average Bonchev–Trinajstić information content (AvgIpc) is 3.01. The predicted octanol–water partition coefficient (Wildman–Crippen LogP) is 7.93. The zero-order chi connectivity index (χ0) is 32.9. The van der Waals surface area contributed by atoms with Crippen LogP contribution in [0.5, 0.6) is 0 Å². The van der Waals surface area contributed by atoms with Gasteiger partial charge in [0, 0.05) is 0 Å². The van der Waals surface area contributed by atoms with E-state index in [0.29, 0.717) is 0 Å². The number of benzene rings is 4. The summed E-state index contributed by atoms with van der Waals surface area (Å²) < 4.78 is 132. The monoisotopic (exact) mass is 665 g/mol. The molecular formula is C30H25F9NO2PS. The van der Waals surface area contributed by atoms with E-state index in [1.165, 1.54) is 21.5 Å². The lowest BCUT2D eigenvalue weighted by Crippen LogP contribution is -2.62. The minimum Gasteiger partial charge on any atom is -0.546 e. The first kappa shape index (κ1) is 35.1. The molecule has 236 valence electrons. The van der Waals surface area contributed by atoms with Crippen molar-refractivity contribution in [2.75, 3.05) is 7.05 Å². The van der Waals surface area contributed by atoms with E-state index in [1.54, 1.807) is 4.72 Å². The lowest BCUT2D eigenvalue weighted by atomic mass is 10.1. The Hall–Kier alpha value is -3.41. The van der Waals surface area contributed by atoms with E-state index in [4.69, 9.17) is 0 Å². The van der Waals surface area contributed by atoms with Crippen molar-refractivity contribution < 1.29 is 47.9 Å². The maximum atomic E-state index is 12.6. The molecule has 0 fully saturated rings. The van der Waals surface area contributed by atoms with Gasteiger partial charge in [-0.05, 0) is 42.0 Å². The quantitative estimate of drug-likeness (QED) is 0.135. The summed E-state index contributed by atoms with van der Waals surface area (Å²) in [5.41, 5.74) is 1.39. The van der Waals surface area contributed by atoms with Crippen LogP contribution in [0.25, 0.3) is 4.72 Å². The molecule has 0 aromatic heterocycles. The summed E-state index contributed by atoms with van der Waals surface area (Å²) in [4.78, 5) is 0. The summed E-state index contributed by atoms with van der Waals surface area (Å²) in [6, 6.07) is 44.0. The molecule has 0 N–H and O–H groups in total. The van der Waals surface area contributed by atoms with Crippen LogP contribution in [0.15, 0.2) is 121 Å². The number of hydrogen-bond donors (Lipinski definition) is 0. The van der Waals surface area contributed by atoms with Crippen LogP contribution in [0.3, 0.4) is 0 Å². The van der Waals surface area contributed by atoms with Crippen LogP contribution < -0.4 is 15.9 Å². The largest absolute Gasteiger partial charge is 0.546 e. The van der Waals surface area contributed by atoms with Crippen molar-refractivity contribution in [3.8, 4) is 0 Å². The molecule has 4 rings (SSSR count). The number of halogens is 9. The fourth-order valence-corrected chi connectivity index (χ4v) is 9.19. The van der Waals surface area contributed by atoms with Gasteiger partial charge in [-0.15, -0.1) is 0 Å². The van der Waals surface area contributed by atoms with Gasteiger partial charge in [0.15, 0.2) is 0 Å². The third-order valence-corrected chi connectivity index (χ3v) is 12.3. The van der Waals surface area contributed by atoms with Gasteiger partial charge >= 0.3 is 23.3 Å². The maximum Gasteiger partial charge on any atom is 0.460 e. The Balaban J connectivity index is 0.000000260. The van der Waals surface area contributed by atoms with E-state index in [-0.39, 0.29) is 7.05 Å². The van der Waals surface area contributed by atoms with Crippen LogP contribution >= 0.6 is 7.26 Å². The Labute approximate surface area is 249 Å². The molecule has 0 saturated carbocycles. The first-order valence-electron chi connectivity index (χ1n) is 12.6. The highest BCUT2D eigenvalue weighted by Gasteiger charge is 2.83. The highest BCUT2D eigenvalue weighted by molar-refractivity contribution is 7.95. The molecule has 44 heavy (non-hydrogen) atoms. The fraction of sp³-hybridized carbons (Fsp3) is 0.200. The molecule has 0 bridgehead atoms. The standard InChI is InChI=1S/C25H22P.C5H3F9NO2S/c1-5-13-22(14-6-1)21-26(23-15-7-2-8-16-23,24-17-9-3-10-18-24)25-19-11-4-12-20-25;1-15-18(16,17)5(13,14)3(8,9)2(6,7)4(10,11)12/h1-20H,21H2;1H3/q+1;-1. The molecule has 0 aliphatic carbocycles. The van der Waals surface area contributed by atoms with Gasteiger partial charge in [-0.2, -0.15) is 46.6 Å². The third kappa shape index (κ3) is 6.64. The highest BCUT2D eigenvalue weighted by atomic mass is 32.2. The summed E-state index contributed by atoms with van der Waals surface area (Å²) in [5.74, 6) is -14.5. The van der Waals surface area contributed by atoms with Gasteiger partial charge in [0.1, 0.15) is 33.2 Å². The molecule has 3 nitrogen and oxygen atoms in total. The van der Waals surface area contributed by atoms with E-state index in [9.17, 15) is 47.9 Å². The smallest absolute Gasteiger partial charge is 0.460 e. The van der Waals surface area contributed by atoms with Crippen molar-refractivity contribution in [3.05, 3.63) is 132 Å². The number of rotatable bonds is 9. The summed E-state index contributed by atoms with van der Waals surface area (Å²) >= 11 is 0. The van der Waals surface area contributed by atoms with E-state index in [2.05, 4.69) is 121 Å². The topological polar surface area (TPSA) is 48.2 Å². The Kier molecular flexibility index (Phi) is 10.6. The first-order chi connectivity index (χ1) is 20.5. The van der Waals surface area contributed by atoms with Crippen LogP contribution in [-0.2, 0) is 16.2 Å². The zero-order valence-electron chi connectivity index (χ0n) is 22.8. The minimum absolute atomic E-state index is 0.0189. The van der Waals surface area contributed by atoms with Crippen LogP contribution in [0, 0.1) is 0 Å². The van der Waals surface area contributed by atoms with Crippen molar-refractivity contribution in [1.29, 1.82) is 0 Å². The fourth-order valence-electron chi connectivity index (χ4n) is 4.26. The molecule has 0 aliphatic heterocycles. The first-order valence-corrected chi connectivity index (χ1v) is 16.0. The average molecular weight is 666 g/mol. The van der Waals surface area contributed by atoms with Crippen molar-refractivity contribution in [3.63, 3.8) is 0 Å². The van der Waals surface area contributed by atoms with E-state index >= 15 is 0 Å². The Morgan fingerprint density at radius 2 is 0.864 bits per heavy atom. The van der Waals surface area contributed by atoms with Crippen LogP contribution in [0.4, 0.5) is 39.5 Å². The SMILES string of the molecule is C[N-]S(=O)(=O)C(F)(F)C(F)(F)C(F)(F)C(F)(F)F.c1ccc(C[P+](c2ccccc2)(c2ccccc2)c2ccccc2)cc1. The van der Waals surface area contributed by atoms with Crippen LogP contribution in [0.1, 0.15) is 5.56 Å². The second kappa shape index (κ2) is 13.3. The zero-order valence-corrected chi connectivity index (χ0v) is 24.5. The van der Waals surface area contributed by atoms with Gasteiger partial charge in [-0.1, -0.05) is 84.9 Å². The molecule has 4 aromatic rings. The van der Waals surface area contributed by atoms with Gasteiger partial charge < -0.3 is 4.72 Å². The Morgan fingerprint density at radius 3 is 1.16 bits per heavy atom. The number of nitrogens with zero attached hydrogens (tertiary/aromatic N) is 1. The molecule has 0 radical (unpaired) electrons. The van der Waals surface area contributed by atoms with E-state index in [1.807, 2.05) is 0 Å².